The van der Waals surface area contributed by atoms with E-state index in [2.05, 4.69) is 21.4 Å². The Morgan fingerprint density at radius 2 is 2.44 bits per heavy atom. The van der Waals surface area contributed by atoms with Gasteiger partial charge in [-0.1, -0.05) is 6.92 Å². The Morgan fingerprint density at radius 1 is 1.62 bits per heavy atom. The molecule has 7 heteroatoms. The highest BCUT2D eigenvalue weighted by molar-refractivity contribution is 7.08. The molecule has 2 aromatic heterocycles. The zero-order valence-electron chi connectivity index (χ0n) is 8.62. The van der Waals surface area contributed by atoms with Crippen LogP contribution in [0.3, 0.4) is 0 Å². The molecule has 0 saturated heterocycles. The molecule has 0 radical (unpaired) electrons. The van der Waals surface area contributed by atoms with Gasteiger partial charge in [-0.3, -0.25) is 0 Å². The lowest BCUT2D eigenvalue weighted by Gasteiger charge is -1.91. The van der Waals surface area contributed by atoms with Crippen molar-refractivity contribution < 1.29 is 9.90 Å². The van der Waals surface area contributed by atoms with Crippen LogP contribution in [-0.4, -0.2) is 30.2 Å². The van der Waals surface area contributed by atoms with Crippen LogP contribution in [0.15, 0.2) is 12.3 Å². The van der Waals surface area contributed by atoms with Crippen molar-refractivity contribution in [2.75, 3.05) is 0 Å². The molecular weight excluding hydrogens is 228 g/mol. The SMILES string of the molecule is CCCc1nsc(-n2ccc(C(=O)O)n2)n1. The molecule has 0 unspecified atom stereocenters. The minimum absolute atomic E-state index is 0.00671. The molecule has 0 bridgehead atoms. The Kier molecular flexibility index (Phi) is 2.95. The average Bonchev–Trinajstić information content (AvgIpc) is 2.84. The number of aromatic carboxylic acids is 1. The van der Waals surface area contributed by atoms with Crippen LogP contribution in [0.25, 0.3) is 5.13 Å². The van der Waals surface area contributed by atoms with Crippen LogP contribution in [0.1, 0.15) is 29.7 Å². The molecule has 0 spiro atoms. The van der Waals surface area contributed by atoms with E-state index in [-0.39, 0.29) is 5.69 Å². The van der Waals surface area contributed by atoms with Crippen LogP contribution < -0.4 is 0 Å². The number of hydrogen-bond donors (Lipinski definition) is 1. The summed E-state index contributed by atoms with van der Waals surface area (Å²) in [5.74, 6) is -0.271. The third kappa shape index (κ3) is 2.08. The van der Waals surface area contributed by atoms with Crippen molar-refractivity contribution >= 4 is 17.5 Å². The number of nitrogens with zero attached hydrogens (tertiary/aromatic N) is 4. The highest BCUT2D eigenvalue weighted by Gasteiger charge is 2.10. The van der Waals surface area contributed by atoms with Crippen LogP contribution in [0.5, 0.6) is 0 Å². The van der Waals surface area contributed by atoms with Crippen molar-refractivity contribution in [2.24, 2.45) is 0 Å². The fourth-order valence-electron chi connectivity index (χ4n) is 1.21. The summed E-state index contributed by atoms with van der Waals surface area (Å²) in [5, 5.41) is 13.2. The van der Waals surface area contributed by atoms with Crippen molar-refractivity contribution in [3.63, 3.8) is 0 Å². The molecular formula is C9H10N4O2S. The van der Waals surface area contributed by atoms with E-state index in [0.717, 1.165) is 18.7 Å². The Morgan fingerprint density at radius 3 is 3.06 bits per heavy atom. The van der Waals surface area contributed by atoms with E-state index < -0.39 is 5.97 Å². The molecule has 2 rings (SSSR count). The number of carbonyl (C=O) groups is 1. The minimum atomic E-state index is -1.04. The quantitative estimate of drug-likeness (QED) is 0.870. The summed E-state index contributed by atoms with van der Waals surface area (Å²) in [6.45, 7) is 2.05. The first-order chi connectivity index (χ1) is 7.70. The van der Waals surface area contributed by atoms with Gasteiger partial charge >= 0.3 is 5.97 Å². The first kappa shape index (κ1) is 10.7. The Hall–Kier alpha value is -1.76. The van der Waals surface area contributed by atoms with Crippen molar-refractivity contribution in [1.82, 2.24) is 19.1 Å². The van der Waals surface area contributed by atoms with Gasteiger partial charge in [0, 0.05) is 24.2 Å². The molecule has 0 amide bonds. The Balaban J connectivity index is 2.24. The standard InChI is InChI=1S/C9H10N4O2S/c1-2-3-7-10-9(16-12-7)13-5-4-6(11-13)8(14)15/h4-5H,2-3H2,1H3,(H,14,15). The van der Waals surface area contributed by atoms with Gasteiger partial charge in [-0.2, -0.15) is 9.47 Å². The third-order valence-corrected chi connectivity index (χ3v) is 2.68. The predicted molar refractivity (Wildman–Crippen MR) is 58.0 cm³/mol. The number of aryl methyl sites for hydroxylation is 1. The normalized spacial score (nSPS) is 10.6. The molecule has 0 aliphatic carbocycles. The maximum atomic E-state index is 10.6. The first-order valence-electron chi connectivity index (χ1n) is 4.82. The molecule has 2 heterocycles. The van der Waals surface area contributed by atoms with Crippen LogP contribution in [0.4, 0.5) is 0 Å². The molecule has 6 nitrogen and oxygen atoms in total. The summed E-state index contributed by atoms with van der Waals surface area (Å²) in [6.07, 6.45) is 3.37. The van der Waals surface area contributed by atoms with Gasteiger partial charge in [0.2, 0.25) is 5.13 Å². The maximum Gasteiger partial charge on any atom is 0.356 e. The van der Waals surface area contributed by atoms with Gasteiger partial charge in [-0.25, -0.2) is 14.5 Å². The summed E-state index contributed by atoms with van der Waals surface area (Å²) >= 11 is 1.21. The highest BCUT2D eigenvalue weighted by Crippen LogP contribution is 2.11. The number of rotatable bonds is 4. The summed E-state index contributed by atoms with van der Waals surface area (Å²) in [4.78, 5) is 14.9. The molecule has 16 heavy (non-hydrogen) atoms. The van der Waals surface area contributed by atoms with E-state index in [1.165, 1.54) is 22.3 Å². The Labute approximate surface area is 95.7 Å². The lowest BCUT2D eigenvalue weighted by molar-refractivity contribution is 0.0690. The molecule has 84 valence electrons. The zero-order valence-corrected chi connectivity index (χ0v) is 9.44. The number of carboxylic acid groups (broad SMARTS) is 1. The van der Waals surface area contributed by atoms with Crippen LogP contribution >= 0.6 is 11.5 Å². The van der Waals surface area contributed by atoms with E-state index >= 15 is 0 Å². The highest BCUT2D eigenvalue weighted by atomic mass is 32.1. The molecule has 1 N–H and O–H groups in total. The molecule has 0 fully saturated rings. The zero-order chi connectivity index (χ0) is 11.5. The lowest BCUT2D eigenvalue weighted by atomic mass is 10.3. The van der Waals surface area contributed by atoms with Gasteiger partial charge in [0.25, 0.3) is 0 Å². The van der Waals surface area contributed by atoms with Gasteiger partial charge in [0.05, 0.1) is 0 Å². The molecule has 2 aromatic rings. The van der Waals surface area contributed by atoms with Gasteiger partial charge in [0.1, 0.15) is 5.82 Å². The first-order valence-corrected chi connectivity index (χ1v) is 5.60. The van der Waals surface area contributed by atoms with Crippen molar-refractivity contribution in [3.05, 3.63) is 23.8 Å². The monoisotopic (exact) mass is 238 g/mol. The average molecular weight is 238 g/mol. The van der Waals surface area contributed by atoms with Crippen LogP contribution in [0, 0.1) is 0 Å². The van der Waals surface area contributed by atoms with Crippen molar-refractivity contribution in [1.29, 1.82) is 0 Å². The van der Waals surface area contributed by atoms with E-state index in [4.69, 9.17) is 5.11 Å². The Bertz CT molecular complexity index is 505. The summed E-state index contributed by atoms with van der Waals surface area (Å²) in [7, 11) is 0. The molecule has 0 saturated carbocycles. The van der Waals surface area contributed by atoms with Crippen LogP contribution in [0.2, 0.25) is 0 Å². The summed E-state index contributed by atoms with van der Waals surface area (Å²) in [5.41, 5.74) is 0.00671. The second kappa shape index (κ2) is 4.40. The van der Waals surface area contributed by atoms with Gasteiger partial charge in [0.15, 0.2) is 5.69 Å². The van der Waals surface area contributed by atoms with E-state index in [0.29, 0.717) is 5.13 Å². The second-order valence-corrected chi connectivity index (χ2v) is 3.92. The van der Waals surface area contributed by atoms with Gasteiger partial charge in [-0.05, 0) is 12.5 Å². The minimum Gasteiger partial charge on any atom is -0.476 e. The lowest BCUT2D eigenvalue weighted by Crippen LogP contribution is -2.00. The smallest absolute Gasteiger partial charge is 0.356 e. The van der Waals surface area contributed by atoms with E-state index in [9.17, 15) is 4.79 Å². The fraction of sp³-hybridized carbons (Fsp3) is 0.333. The van der Waals surface area contributed by atoms with E-state index in [1.54, 1.807) is 6.20 Å². The van der Waals surface area contributed by atoms with Crippen LogP contribution in [-0.2, 0) is 6.42 Å². The third-order valence-electron chi connectivity index (χ3n) is 1.94. The summed E-state index contributed by atoms with van der Waals surface area (Å²) < 4.78 is 5.59. The molecule has 0 aliphatic heterocycles. The van der Waals surface area contributed by atoms with Gasteiger partial charge < -0.3 is 5.11 Å². The summed E-state index contributed by atoms with van der Waals surface area (Å²) in [6, 6.07) is 1.43. The van der Waals surface area contributed by atoms with E-state index in [1.807, 2.05) is 0 Å². The number of hydrogen-bond acceptors (Lipinski definition) is 5. The predicted octanol–water partition coefficient (Wildman–Crippen LogP) is 1.37. The molecule has 0 aliphatic rings. The maximum absolute atomic E-state index is 10.6. The molecule has 0 atom stereocenters. The number of aromatic nitrogens is 4. The topological polar surface area (TPSA) is 80.9 Å². The van der Waals surface area contributed by atoms with Gasteiger partial charge in [-0.15, -0.1) is 0 Å². The van der Waals surface area contributed by atoms with Crippen molar-refractivity contribution in [2.45, 2.75) is 19.8 Å². The fourth-order valence-corrected chi connectivity index (χ4v) is 1.86. The molecule has 0 aromatic carbocycles. The second-order valence-electron chi connectivity index (χ2n) is 3.19. The largest absolute Gasteiger partial charge is 0.476 e. The number of carboxylic acids is 1. The van der Waals surface area contributed by atoms with Crippen molar-refractivity contribution in [3.8, 4) is 5.13 Å².